The number of carboxylic acids is 1. The van der Waals surface area contributed by atoms with Crippen molar-refractivity contribution in [1.82, 2.24) is 15.5 Å². The zero-order valence-electron chi connectivity index (χ0n) is 23.7. The molecule has 0 aliphatic carbocycles. The van der Waals surface area contributed by atoms with Crippen molar-refractivity contribution < 1.29 is 39.2 Å². The average molecular weight is 532 g/mol. The lowest BCUT2D eigenvalue weighted by Crippen LogP contribution is -2.56. The van der Waals surface area contributed by atoms with Crippen LogP contribution >= 0.6 is 0 Å². The molecule has 0 saturated heterocycles. The number of likely N-dealkylation sites (N-methyl/N-ethyl adjacent to an activating group) is 3. The van der Waals surface area contributed by atoms with Crippen molar-refractivity contribution in [3.8, 4) is 0 Å². The molecule has 0 aromatic carbocycles. The van der Waals surface area contributed by atoms with Crippen LogP contribution in [-0.4, -0.2) is 101 Å². The standard InChI is InChI=1S/C26H49N3O8/c1-9-11-20(28-7)24(34)37-26(25(35)36,14-18(4)31)15-21(32)22(16(2)12-10-13-17(3)30)29(8)23(33)19(5)27-6/h16-20,22,27-28,30-31H,9-15H2,1-8H3,(H,35,36)/t16-,17?,18?,19-,20-,22-,26?/m1/s1. The Kier molecular flexibility index (Phi) is 15.8. The number of aliphatic hydroxyl groups is 2. The molecule has 11 heteroatoms. The van der Waals surface area contributed by atoms with Crippen LogP contribution in [0.15, 0.2) is 0 Å². The van der Waals surface area contributed by atoms with Gasteiger partial charge in [-0.05, 0) is 60.0 Å². The van der Waals surface area contributed by atoms with E-state index in [1.54, 1.807) is 34.9 Å². The number of amides is 1. The molecule has 0 aliphatic rings. The molecule has 0 aromatic heterocycles. The Morgan fingerprint density at radius 1 is 0.946 bits per heavy atom. The van der Waals surface area contributed by atoms with Crippen molar-refractivity contribution >= 4 is 23.6 Å². The lowest BCUT2D eigenvalue weighted by atomic mass is 9.83. The van der Waals surface area contributed by atoms with Crippen LogP contribution in [0, 0.1) is 5.92 Å². The molecule has 11 nitrogen and oxygen atoms in total. The minimum atomic E-state index is -2.30. The normalized spacial score (nSPS) is 18.0. The first-order valence-corrected chi connectivity index (χ1v) is 13.1. The van der Waals surface area contributed by atoms with E-state index < -0.39 is 66.5 Å². The Morgan fingerprint density at radius 2 is 1.54 bits per heavy atom. The number of rotatable bonds is 19. The summed E-state index contributed by atoms with van der Waals surface area (Å²) < 4.78 is 5.51. The van der Waals surface area contributed by atoms with Crippen LogP contribution in [0.25, 0.3) is 0 Å². The summed E-state index contributed by atoms with van der Waals surface area (Å²) in [5, 5.41) is 35.5. The highest BCUT2D eigenvalue weighted by molar-refractivity contribution is 5.95. The van der Waals surface area contributed by atoms with E-state index in [0.717, 1.165) is 0 Å². The highest BCUT2D eigenvalue weighted by Crippen LogP contribution is 2.29. The summed E-state index contributed by atoms with van der Waals surface area (Å²) in [4.78, 5) is 53.5. The maximum absolute atomic E-state index is 13.8. The topological polar surface area (TPSA) is 165 Å². The second-order valence-electron chi connectivity index (χ2n) is 10.2. The van der Waals surface area contributed by atoms with Gasteiger partial charge in [-0.25, -0.2) is 4.79 Å². The number of aliphatic hydroxyl groups excluding tert-OH is 2. The van der Waals surface area contributed by atoms with Gasteiger partial charge in [0.25, 0.3) is 0 Å². The second kappa shape index (κ2) is 16.7. The zero-order chi connectivity index (χ0) is 28.9. The van der Waals surface area contributed by atoms with Gasteiger partial charge in [-0.1, -0.05) is 26.7 Å². The maximum atomic E-state index is 13.8. The van der Waals surface area contributed by atoms with E-state index in [4.69, 9.17) is 4.74 Å². The van der Waals surface area contributed by atoms with Gasteiger partial charge in [-0.3, -0.25) is 14.4 Å². The fourth-order valence-electron chi connectivity index (χ4n) is 4.53. The minimum absolute atomic E-state index is 0.352. The number of esters is 1. The lowest BCUT2D eigenvalue weighted by Gasteiger charge is -2.37. The van der Waals surface area contributed by atoms with Crippen LogP contribution in [0.2, 0.25) is 0 Å². The molecule has 0 spiro atoms. The third kappa shape index (κ3) is 11.1. The third-order valence-electron chi connectivity index (χ3n) is 6.70. The number of aliphatic carboxylic acids is 1. The number of carbonyl (C=O) groups is 4. The van der Waals surface area contributed by atoms with Crippen molar-refractivity contribution in [2.45, 2.75) is 115 Å². The lowest BCUT2D eigenvalue weighted by molar-refractivity contribution is -0.186. The van der Waals surface area contributed by atoms with Crippen LogP contribution in [-0.2, 0) is 23.9 Å². The predicted molar refractivity (Wildman–Crippen MR) is 140 cm³/mol. The molecule has 0 bridgehead atoms. The number of carbonyl (C=O) groups excluding carboxylic acids is 3. The zero-order valence-corrected chi connectivity index (χ0v) is 23.7. The van der Waals surface area contributed by atoms with Crippen LogP contribution < -0.4 is 10.6 Å². The molecular formula is C26H49N3O8. The number of nitrogens with zero attached hydrogens (tertiary/aromatic N) is 1. The van der Waals surface area contributed by atoms with E-state index >= 15 is 0 Å². The number of ketones is 1. The van der Waals surface area contributed by atoms with Gasteiger partial charge in [0.05, 0.1) is 30.7 Å². The molecule has 1 amide bonds. The van der Waals surface area contributed by atoms with Crippen LogP contribution in [0.5, 0.6) is 0 Å². The minimum Gasteiger partial charge on any atom is -0.478 e. The van der Waals surface area contributed by atoms with E-state index in [-0.39, 0.29) is 11.8 Å². The van der Waals surface area contributed by atoms with Gasteiger partial charge in [0.1, 0.15) is 6.04 Å². The van der Waals surface area contributed by atoms with Crippen molar-refractivity contribution in [3.63, 3.8) is 0 Å². The van der Waals surface area contributed by atoms with E-state index in [2.05, 4.69) is 10.6 Å². The first kappa shape index (κ1) is 34.9. The Balaban J connectivity index is 6.32. The van der Waals surface area contributed by atoms with Gasteiger partial charge in [-0.15, -0.1) is 0 Å². The predicted octanol–water partition coefficient (Wildman–Crippen LogP) is 1.09. The highest BCUT2D eigenvalue weighted by Gasteiger charge is 2.49. The fourth-order valence-corrected chi connectivity index (χ4v) is 4.53. The molecule has 0 aromatic rings. The number of hydrogen-bond donors (Lipinski definition) is 5. The first-order chi connectivity index (χ1) is 17.2. The van der Waals surface area contributed by atoms with Crippen molar-refractivity contribution in [2.24, 2.45) is 5.92 Å². The Morgan fingerprint density at radius 3 is 1.97 bits per heavy atom. The molecule has 7 atom stereocenters. The van der Waals surface area contributed by atoms with Gasteiger partial charge in [0.2, 0.25) is 11.5 Å². The summed E-state index contributed by atoms with van der Waals surface area (Å²) in [6, 6.07) is -2.36. The van der Waals surface area contributed by atoms with Gasteiger partial charge in [0, 0.05) is 13.5 Å². The molecule has 0 fully saturated rings. The van der Waals surface area contributed by atoms with E-state index in [1.807, 2.05) is 6.92 Å². The summed E-state index contributed by atoms with van der Waals surface area (Å²) in [7, 11) is 4.66. The number of Topliss-reactive ketones (excluding diaryl/α,β-unsaturated/α-hetero) is 1. The van der Waals surface area contributed by atoms with Gasteiger partial charge < -0.3 is 35.6 Å². The quantitative estimate of drug-likeness (QED) is 0.152. The third-order valence-corrected chi connectivity index (χ3v) is 6.70. The van der Waals surface area contributed by atoms with E-state index in [0.29, 0.717) is 32.1 Å². The molecule has 0 rings (SSSR count). The smallest absolute Gasteiger partial charge is 0.348 e. The summed E-state index contributed by atoms with van der Waals surface area (Å²) >= 11 is 0. The van der Waals surface area contributed by atoms with Crippen molar-refractivity contribution in [1.29, 1.82) is 0 Å². The van der Waals surface area contributed by atoms with Crippen LogP contribution in [0.4, 0.5) is 0 Å². The number of hydrogen-bond acceptors (Lipinski definition) is 9. The first-order valence-electron chi connectivity index (χ1n) is 13.1. The van der Waals surface area contributed by atoms with E-state index in [1.165, 1.54) is 18.9 Å². The summed E-state index contributed by atoms with van der Waals surface area (Å²) in [6.45, 7) is 8.34. The van der Waals surface area contributed by atoms with Crippen molar-refractivity contribution in [3.05, 3.63) is 0 Å². The number of carboxylic acid groups (broad SMARTS) is 1. The maximum Gasteiger partial charge on any atom is 0.348 e. The SMILES string of the molecule is CCC[C@@H](NC)C(=O)OC(CC(=O)[C@@H]([C@H](C)CCCC(C)O)N(C)C(=O)[C@@H](C)NC)(CC(C)O)C(=O)O. The monoisotopic (exact) mass is 531 g/mol. The van der Waals surface area contributed by atoms with Gasteiger partial charge >= 0.3 is 11.9 Å². The van der Waals surface area contributed by atoms with Gasteiger partial charge in [-0.2, -0.15) is 0 Å². The fraction of sp³-hybridized carbons (Fsp3) is 0.846. The molecule has 0 saturated carbocycles. The molecule has 3 unspecified atom stereocenters. The Bertz CT molecular complexity index is 745. The van der Waals surface area contributed by atoms with Gasteiger partial charge in [0.15, 0.2) is 5.78 Å². The molecule has 0 heterocycles. The number of nitrogens with one attached hydrogen (secondary N) is 2. The molecule has 5 N–H and O–H groups in total. The van der Waals surface area contributed by atoms with Crippen molar-refractivity contribution in [2.75, 3.05) is 21.1 Å². The highest BCUT2D eigenvalue weighted by atomic mass is 16.6. The van der Waals surface area contributed by atoms with E-state index in [9.17, 15) is 34.5 Å². The summed E-state index contributed by atoms with van der Waals surface area (Å²) in [5.74, 6) is -3.68. The Labute approximate surface area is 221 Å². The molecule has 216 valence electrons. The van der Waals surface area contributed by atoms with Crippen LogP contribution in [0.3, 0.4) is 0 Å². The molecule has 0 aliphatic heterocycles. The summed E-state index contributed by atoms with van der Waals surface area (Å²) in [6.07, 6.45) is -0.249. The van der Waals surface area contributed by atoms with Crippen LogP contribution in [0.1, 0.15) is 79.6 Å². The molecular weight excluding hydrogens is 482 g/mol. The Hall–Kier alpha value is -2.08. The average Bonchev–Trinajstić information content (AvgIpc) is 2.80. The molecule has 37 heavy (non-hydrogen) atoms. The summed E-state index contributed by atoms with van der Waals surface area (Å²) in [5.41, 5.74) is -2.30. The molecule has 0 radical (unpaired) electrons. The second-order valence-corrected chi connectivity index (χ2v) is 10.2. The largest absolute Gasteiger partial charge is 0.478 e. The number of ether oxygens (including phenoxy) is 1.